The second-order valence-corrected chi connectivity index (χ2v) is 4.26. The van der Waals surface area contributed by atoms with Crippen LogP contribution in [0.25, 0.3) is 10.9 Å². The summed E-state index contributed by atoms with van der Waals surface area (Å²) in [5.74, 6) is -0.381. The van der Waals surface area contributed by atoms with E-state index in [9.17, 15) is 4.79 Å². The van der Waals surface area contributed by atoms with Crippen molar-refractivity contribution in [1.29, 1.82) is 0 Å². The largest absolute Gasteiger partial charge is 0.465 e. The quantitative estimate of drug-likeness (QED) is 0.825. The van der Waals surface area contributed by atoms with E-state index in [1.165, 1.54) is 7.11 Å². The van der Waals surface area contributed by atoms with Gasteiger partial charge in [0.2, 0.25) is 0 Å². The van der Waals surface area contributed by atoms with Crippen molar-refractivity contribution >= 4 is 22.6 Å². The standard InChI is InChI=1S/C14H16N2O2/c1-8-5-9(2)12-11(6-8)16-7-10(13(12)15-3)14(17)18-4/h5-7H,1-4H3,(H,15,16). The highest BCUT2D eigenvalue weighted by molar-refractivity contribution is 6.06. The number of esters is 1. The number of benzene rings is 1. The van der Waals surface area contributed by atoms with Crippen LogP contribution >= 0.6 is 0 Å². The summed E-state index contributed by atoms with van der Waals surface area (Å²) in [4.78, 5) is 16.1. The Morgan fingerprint density at radius 3 is 2.67 bits per heavy atom. The zero-order chi connectivity index (χ0) is 13.3. The van der Waals surface area contributed by atoms with Crippen molar-refractivity contribution in [2.24, 2.45) is 0 Å². The number of ether oxygens (including phenoxy) is 1. The van der Waals surface area contributed by atoms with Gasteiger partial charge in [0.1, 0.15) is 5.56 Å². The van der Waals surface area contributed by atoms with E-state index in [1.54, 1.807) is 13.2 Å². The predicted molar refractivity (Wildman–Crippen MR) is 72.1 cm³/mol. The fourth-order valence-corrected chi connectivity index (χ4v) is 2.23. The SMILES string of the molecule is CNc1c(C(=O)OC)cnc2cc(C)cc(C)c12. The number of nitrogens with zero attached hydrogens (tertiary/aromatic N) is 1. The van der Waals surface area contributed by atoms with Gasteiger partial charge in [0.15, 0.2) is 0 Å². The molecule has 1 N–H and O–H groups in total. The Morgan fingerprint density at radius 2 is 2.06 bits per heavy atom. The third kappa shape index (κ3) is 1.90. The molecule has 1 aromatic heterocycles. The zero-order valence-corrected chi connectivity index (χ0v) is 11.0. The molecule has 2 aromatic rings. The van der Waals surface area contributed by atoms with E-state index in [2.05, 4.69) is 16.4 Å². The summed E-state index contributed by atoms with van der Waals surface area (Å²) in [6.07, 6.45) is 1.55. The third-order valence-electron chi connectivity index (χ3n) is 2.97. The molecule has 2 rings (SSSR count). The van der Waals surface area contributed by atoms with E-state index in [1.807, 2.05) is 19.9 Å². The van der Waals surface area contributed by atoms with Gasteiger partial charge in [0, 0.05) is 18.6 Å². The summed E-state index contributed by atoms with van der Waals surface area (Å²) < 4.78 is 4.77. The van der Waals surface area contributed by atoms with Crippen molar-refractivity contribution in [1.82, 2.24) is 4.98 Å². The summed E-state index contributed by atoms with van der Waals surface area (Å²) >= 11 is 0. The van der Waals surface area contributed by atoms with Gasteiger partial charge in [-0.1, -0.05) is 6.07 Å². The number of aromatic nitrogens is 1. The fourth-order valence-electron chi connectivity index (χ4n) is 2.23. The van der Waals surface area contributed by atoms with Gasteiger partial charge in [0.05, 0.1) is 18.3 Å². The van der Waals surface area contributed by atoms with Gasteiger partial charge >= 0.3 is 5.97 Å². The van der Waals surface area contributed by atoms with E-state index in [4.69, 9.17) is 4.74 Å². The molecular formula is C14H16N2O2. The Hall–Kier alpha value is -2.10. The molecule has 0 aliphatic rings. The van der Waals surface area contributed by atoms with Gasteiger partial charge in [-0.2, -0.15) is 0 Å². The molecule has 0 aliphatic heterocycles. The minimum absolute atomic E-state index is 0.381. The molecule has 0 spiro atoms. The molecule has 1 aromatic carbocycles. The molecular weight excluding hydrogens is 228 g/mol. The number of pyridine rings is 1. The van der Waals surface area contributed by atoms with Gasteiger partial charge in [0.25, 0.3) is 0 Å². The third-order valence-corrected chi connectivity index (χ3v) is 2.97. The highest BCUT2D eigenvalue weighted by atomic mass is 16.5. The Balaban J connectivity index is 2.83. The molecule has 0 fully saturated rings. The number of anilines is 1. The van der Waals surface area contributed by atoms with Crippen LogP contribution in [0, 0.1) is 13.8 Å². The van der Waals surface area contributed by atoms with E-state index >= 15 is 0 Å². The predicted octanol–water partition coefficient (Wildman–Crippen LogP) is 2.68. The van der Waals surface area contributed by atoms with Crippen LogP contribution in [0.1, 0.15) is 21.5 Å². The number of methoxy groups -OCH3 is 1. The first-order chi connectivity index (χ1) is 8.58. The number of nitrogens with one attached hydrogen (secondary N) is 1. The Bertz CT molecular complexity index is 621. The topological polar surface area (TPSA) is 51.2 Å². The van der Waals surface area contributed by atoms with Crippen molar-refractivity contribution in [2.75, 3.05) is 19.5 Å². The second kappa shape index (κ2) is 4.64. The zero-order valence-electron chi connectivity index (χ0n) is 11.0. The minimum Gasteiger partial charge on any atom is -0.465 e. The summed E-state index contributed by atoms with van der Waals surface area (Å²) in [6.45, 7) is 4.04. The van der Waals surface area contributed by atoms with Crippen LogP contribution in [0.3, 0.4) is 0 Å². The number of rotatable bonds is 2. The molecule has 0 unspecified atom stereocenters. The van der Waals surface area contributed by atoms with Crippen LogP contribution in [0.2, 0.25) is 0 Å². The average molecular weight is 244 g/mol. The lowest BCUT2D eigenvalue weighted by Gasteiger charge is -2.13. The lowest BCUT2D eigenvalue weighted by Crippen LogP contribution is -2.07. The normalized spacial score (nSPS) is 10.4. The highest BCUT2D eigenvalue weighted by Crippen LogP contribution is 2.29. The number of aryl methyl sites for hydroxylation is 2. The van der Waals surface area contributed by atoms with Crippen molar-refractivity contribution in [3.63, 3.8) is 0 Å². The molecule has 0 aliphatic carbocycles. The maximum atomic E-state index is 11.7. The van der Waals surface area contributed by atoms with Crippen LogP contribution in [0.4, 0.5) is 5.69 Å². The van der Waals surface area contributed by atoms with E-state index in [-0.39, 0.29) is 5.97 Å². The van der Waals surface area contributed by atoms with Gasteiger partial charge in [-0.05, 0) is 31.0 Å². The number of fused-ring (bicyclic) bond motifs is 1. The summed E-state index contributed by atoms with van der Waals surface area (Å²) in [7, 11) is 3.16. The maximum absolute atomic E-state index is 11.7. The van der Waals surface area contributed by atoms with Gasteiger partial charge in [-0.25, -0.2) is 4.79 Å². The van der Waals surface area contributed by atoms with Crippen LogP contribution in [-0.2, 0) is 4.74 Å². The smallest absolute Gasteiger partial charge is 0.341 e. The Kier molecular flexibility index (Phi) is 3.19. The van der Waals surface area contributed by atoms with E-state index < -0.39 is 0 Å². The van der Waals surface area contributed by atoms with Crippen molar-refractivity contribution in [2.45, 2.75) is 13.8 Å². The number of hydrogen-bond acceptors (Lipinski definition) is 4. The first-order valence-corrected chi connectivity index (χ1v) is 5.74. The Labute approximate surface area is 106 Å². The minimum atomic E-state index is -0.381. The van der Waals surface area contributed by atoms with E-state index in [0.717, 1.165) is 27.7 Å². The molecule has 1 heterocycles. The molecule has 18 heavy (non-hydrogen) atoms. The van der Waals surface area contributed by atoms with Crippen LogP contribution < -0.4 is 5.32 Å². The van der Waals surface area contributed by atoms with Crippen molar-refractivity contribution in [3.05, 3.63) is 35.0 Å². The fraction of sp³-hybridized carbons (Fsp3) is 0.286. The van der Waals surface area contributed by atoms with E-state index in [0.29, 0.717) is 5.56 Å². The Morgan fingerprint density at radius 1 is 1.33 bits per heavy atom. The number of hydrogen-bond donors (Lipinski definition) is 1. The first kappa shape index (κ1) is 12.4. The molecule has 0 saturated heterocycles. The molecule has 94 valence electrons. The number of carbonyl (C=O) groups is 1. The molecule has 4 nitrogen and oxygen atoms in total. The van der Waals surface area contributed by atoms with Crippen molar-refractivity contribution in [3.8, 4) is 0 Å². The summed E-state index contributed by atoms with van der Waals surface area (Å²) in [5.41, 5.74) is 4.35. The van der Waals surface area contributed by atoms with Crippen molar-refractivity contribution < 1.29 is 9.53 Å². The number of carbonyl (C=O) groups excluding carboxylic acids is 1. The molecule has 0 bridgehead atoms. The lowest BCUT2D eigenvalue weighted by atomic mass is 10.0. The van der Waals surface area contributed by atoms with Crippen LogP contribution in [0.15, 0.2) is 18.3 Å². The lowest BCUT2D eigenvalue weighted by molar-refractivity contribution is 0.0601. The highest BCUT2D eigenvalue weighted by Gasteiger charge is 2.16. The second-order valence-electron chi connectivity index (χ2n) is 4.26. The molecule has 0 saturated carbocycles. The summed E-state index contributed by atoms with van der Waals surface area (Å²) in [5, 5.41) is 4.04. The van der Waals surface area contributed by atoms with Crippen LogP contribution in [-0.4, -0.2) is 25.1 Å². The summed E-state index contributed by atoms with van der Waals surface area (Å²) in [6, 6.07) is 4.08. The monoisotopic (exact) mass is 244 g/mol. The van der Waals surface area contributed by atoms with Crippen LogP contribution in [0.5, 0.6) is 0 Å². The average Bonchev–Trinajstić information content (AvgIpc) is 2.36. The van der Waals surface area contributed by atoms with Gasteiger partial charge in [-0.15, -0.1) is 0 Å². The molecule has 0 amide bonds. The molecule has 4 heteroatoms. The molecule has 0 atom stereocenters. The molecule has 0 radical (unpaired) electrons. The first-order valence-electron chi connectivity index (χ1n) is 5.74. The van der Waals surface area contributed by atoms with Gasteiger partial charge in [-0.3, -0.25) is 4.98 Å². The maximum Gasteiger partial charge on any atom is 0.341 e. The van der Waals surface area contributed by atoms with Gasteiger partial charge < -0.3 is 10.1 Å².